The van der Waals surface area contributed by atoms with E-state index in [0.717, 1.165) is 19.3 Å². The first-order chi connectivity index (χ1) is 5.55. The minimum absolute atomic E-state index is 0.0413. The van der Waals surface area contributed by atoms with E-state index >= 15 is 0 Å². The molecule has 2 heterocycles. The van der Waals surface area contributed by atoms with Gasteiger partial charge in [-0.1, -0.05) is 0 Å². The molecular weight excluding hydrogens is 156 g/mol. The Kier molecular flexibility index (Phi) is 1.72. The van der Waals surface area contributed by atoms with Crippen molar-refractivity contribution in [2.24, 2.45) is 0 Å². The second kappa shape index (κ2) is 2.44. The molecule has 0 spiro atoms. The third kappa shape index (κ3) is 1.26. The van der Waals surface area contributed by atoms with Crippen LogP contribution in [0.25, 0.3) is 0 Å². The van der Waals surface area contributed by atoms with Crippen LogP contribution in [0.1, 0.15) is 32.6 Å². The van der Waals surface area contributed by atoms with E-state index in [4.69, 9.17) is 9.84 Å². The minimum atomic E-state index is -0.637. The van der Waals surface area contributed by atoms with E-state index in [-0.39, 0.29) is 12.7 Å². The standard InChI is InChI=1S/C9H16O3/c1-8(11)4-7-2-3-9(5-8,6-10)12-7/h7,10-11H,2-6H2,1H3. The Labute approximate surface area is 72.3 Å². The molecule has 0 radical (unpaired) electrons. The van der Waals surface area contributed by atoms with Gasteiger partial charge in [0.2, 0.25) is 0 Å². The summed E-state index contributed by atoms with van der Waals surface area (Å²) < 4.78 is 5.66. The maximum Gasteiger partial charge on any atom is 0.0944 e. The first kappa shape index (κ1) is 8.48. The topological polar surface area (TPSA) is 49.7 Å². The fraction of sp³-hybridized carbons (Fsp3) is 1.00. The molecule has 2 saturated heterocycles. The molecule has 3 atom stereocenters. The van der Waals surface area contributed by atoms with Crippen LogP contribution < -0.4 is 0 Å². The normalized spacial score (nSPS) is 52.8. The lowest BCUT2D eigenvalue weighted by molar-refractivity contribution is -0.169. The van der Waals surface area contributed by atoms with Gasteiger partial charge >= 0.3 is 0 Å². The van der Waals surface area contributed by atoms with E-state index in [2.05, 4.69) is 0 Å². The maximum atomic E-state index is 9.86. The summed E-state index contributed by atoms with van der Waals surface area (Å²) in [6.45, 7) is 1.87. The lowest BCUT2D eigenvalue weighted by Crippen LogP contribution is -2.48. The lowest BCUT2D eigenvalue weighted by atomic mass is 9.85. The van der Waals surface area contributed by atoms with Gasteiger partial charge in [-0.3, -0.25) is 0 Å². The summed E-state index contributed by atoms with van der Waals surface area (Å²) in [5.41, 5.74) is -1.06. The van der Waals surface area contributed by atoms with E-state index < -0.39 is 11.2 Å². The molecule has 12 heavy (non-hydrogen) atoms. The molecular formula is C9H16O3. The molecule has 2 N–H and O–H groups in total. The van der Waals surface area contributed by atoms with Gasteiger partial charge in [0.25, 0.3) is 0 Å². The Balaban J connectivity index is 2.18. The number of aliphatic hydroxyl groups is 2. The van der Waals surface area contributed by atoms with Crippen molar-refractivity contribution in [2.75, 3.05) is 6.61 Å². The van der Waals surface area contributed by atoms with Gasteiger partial charge in [0.05, 0.1) is 23.9 Å². The van der Waals surface area contributed by atoms with Gasteiger partial charge in [-0.15, -0.1) is 0 Å². The van der Waals surface area contributed by atoms with Crippen LogP contribution in [0.2, 0.25) is 0 Å². The zero-order valence-electron chi connectivity index (χ0n) is 7.42. The molecule has 2 fully saturated rings. The number of rotatable bonds is 1. The number of hydrogen-bond acceptors (Lipinski definition) is 3. The Morgan fingerprint density at radius 1 is 1.58 bits per heavy atom. The smallest absolute Gasteiger partial charge is 0.0944 e. The van der Waals surface area contributed by atoms with E-state index in [1.807, 2.05) is 6.92 Å². The van der Waals surface area contributed by atoms with Crippen molar-refractivity contribution in [1.82, 2.24) is 0 Å². The molecule has 3 unspecified atom stereocenters. The number of ether oxygens (including phenoxy) is 1. The zero-order valence-corrected chi connectivity index (χ0v) is 7.42. The highest BCUT2D eigenvalue weighted by Crippen LogP contribution is 2.45. The van der Waals surface area contributed by atoms with Crippen molar-refractivity contribution < 1.29 is 14.9 Å². The van der Waals surface area contributed by atoms with Crippen molar-refractivity contribution >= 4 is 0 Å². The SMILES string of the molecule is CC1(O)CC2CCC(CO)(C1)O2. The van der Waals surface area contributed by atoms with Crippen LogP contribution in [-0.4, -0.2) is 34.1 Å². The Bertz CT molecular complexity index is 190. The molecule has 0 aromatic carbocycles. The molecule has 0 saturated carbocycles. The highest BCUT2D eigenvalue weighted by molar-refractivity contribution is 5.00. The van der Waals surface area contributed by atoms with Crippen LogP contribution in [0.5, 0.6) is 0 Å². The van der Waals surface area contributed by atoms with Crippen molar-refractivity contribution in [3.8, 4) is 0 Å². The largest absolute Gasteiger partial charge is 0.393 e. The highest BCUT2D eigenvalue weighted by Gasteiger charge is 2.50. The van der Waals surface area contributed by atoms with E-state index in [0.29, 0.717) is 6.42 Å². The molecule has 0 aromatic rings. The van der Waals surface area contributed by atoms with Crippen LogP contribution in [0.4, 0.5) is 0 Å². The van der Waals surface area contributed by atoms with Crippen LogP contribution in [0.3, 0.4) is 0 Å². The third-order valence-electron chi connectivity index (χ3n) is 3.00. The molecule has 3 nitrogen and oxygen atoms in total. The van der Waals surface area contributed by atoms with Crippen molar-refractivity contribution in [3.05, 3.63) is 0 Å². The molecule has 0 aromatic heterocycles. The van der Waals surface area contributed by atoms with E-state index in [1.54, 1.807) is 0 Å². The van der Waals surface area contributed by atoms with Crippen molar-refractivity contribution in [3.63, 3.8) is 0 Å². The van der Waals surface area contributed by atoms with Crippen LogP contribution >= 0.6 is 0 Å². The lowest BCUT2D eigenvalue weighted by Gasteiger charge is -2.40. The van der Waals surface area contributed by atoms with Gasteiger partial charge in [-0.2, -0.15) is 0 Å². The third-order valence-corrected chi connectivity index (χ3v) is 3.00. The second-order valence-corrected chi connectivity index (χ2v) is 4.50. The zero-order chi connectivity index (χ0) is 8.82. The first-order valence-electron chi connectivity index (χ1n) is 4.56. The van der Waals surface area contributed by atoms with Crippen molar-refractivity contribution in [2.45, 2.75) is 49.9 Å². The minimum Gasteiger partial charge on any atom is -0.393 e. The molecule has 2 aliphatic heterocycles. The molecule has 0 aliphatic carbocycles. The second-order valence-electron chi connectivity index (χ2n) is 4.50. The molecule has 3 heteroatoms. The average molecular weight is 172 g/mol. The Morgan fingerprint density at radius 2 is 2.33 bits per heavy atom. The molecule has 70 valence electrons. The molecule has 2 rings (SSSR count). The fourth-order valence-electron chi connectivity index (χ4n) is 2.60. The number of fused-ring (bicyclic) bond motifs is 2. The Hall–Kier alpha value is -0.120. The van der Waals surface area contributed by atoms with Gasteiger partial charge in [0, 0.05) is 12.8 Å². The monoisotopic (exact) mass is 172 g/mol. The summed E-state index contributed by atoms with van der Waals surface area (Å²) in [6, 6.07) is 0. The Morgan fingerprint density at radius 3 is 3.00 bits per heavy atom. The van der Waals surface area contributed by atoms with Crippen LogP contribution in [0.15, 0.2) is 0 Å². The fourth-order valence-corrected chi connectivity index (χ4v) is 2.60. The summed E-state index contributed by atoms with van der Waals surface area (Å²) in [5.74, 6) is 0. The van der Waals surface area contributed by atoms with Crippen LogP contribution in [0, 0.1) is 0 Å². The summed E-state index contributed by atoms with van der Waals surface area (Å²) >= 11 is 0. The summed E-state index contributed by atoms with van der Waals surface area (Å²) in [7, 11) is 0. The van der Waals surface area contributed by atoms with Gasteiger partial charge in [-0.05, 0) is 19.8 Å². The predicted octanol–water partition coefficient (Wildman–Crippen LogP) is 0.441. The predicted molar refractivity (Wildman–Crippen MR) is 43.8 cm³/mol. The molecule has 2 bridgehead atoms. The van der Waals surface area contributed by atoms with Crippen molar-refractivity contribution in [1.29, 1.82) is 0 Å². The van der Waals surface area contributed by atoms with Gasteiger partial charge < -0.3 is 14.9 Å². The summed E-state index contributed by atoms with van der Waals surface area (Å²) in [4.78, 5) is 0. The number of hydrogen-bond donors (Lipinski definition) is 2. The summed E-state index contributed by atoms with van der Waals surface area (Å²) in [5, 5.41) is 19.0. The van der Waals surface area contributed by atoms with E-state index in [9.17, 15) is 5.11 Å². The molecule has 0 amide bonds. The maximum absolute atomic E-state index is 9.86. The quantitative estimate of drug-likeness (QED) is 0.603. The van der Waals surface area contributed by atoms with E-state index in [1.165, 1.54) is 0 Å². The van der Waals surface area contributed by atoms with Crippen LogP contribution in [-0.2, 0) is 4.74 Å². The van der Waals surface area contributed by atoms with Gasteiger partial charge in [-0.25, -0.2) is 0 Å². The highest BCUT2D eigenvalue weighted by atomic mass is 16.5. The average Bonchev–Trinajstić information content (AvgIpc) is 2.27. The van der Waals surface area contributed by atoms with Gasteiger partial charge in [0.15, 0.2) is 0 Å². The first-order valence-corrected chi connectivity index (χ1v) is 4.56. The van der Waals surface area contributed by atoms with Gasteiger partial charge in [0.1, 0.15) is 0 Å². The summed E-state index contributed by atoms with van der Waals surface area (Å²) in [6.07, 6.45) is 3.34. The molecule has 2 aliphatic rings. The number of aliphatic hydroxyl groups excluding tert-OH is 1.